The summed E-state index contributed by atoms with van der Waals surface area (Å²) in [6, 6.07) is 18.7. The second-order valence-corrected chi connectivity index (χ2v) is 7.03. The monoisotopic (exact) mass is 360 g/mol. The first-order chi connectivity index (χ1) is 13.3. The van der Waals surface area contributed by atoms with Gasteiger partial charge in [0.25, 0.3) is 0 Å². The molecule has 1 atom stereocenters. The Bertz CT molecular complexity index is 859. The topological polar surface area (TPSA) is 50.2 Å². The molecule has 5 heteroatoms. The third-order valence-corrected chi connectivity index (χ3v) is 5.08. The van der Waals surface area contributed by atoms with E-state index in [1.165, 1.54) is 11.1 Å². The van der Waals surface area contributed by atoms with Crippen LogP contribution < -0.4 is 5.32 Å². The summed E-state index contributed by atoms with van der Waals surface area (Å²) >= 11 is 0. The molecule has 1 saturated heterocycles. The van der Waals surface area contributed by atoms with E-state index in [1.807, 2.05) is 35.3 Å². The minimum Gasteiger partial charge on any atom is -0.351 e. The Kier molecular flexibility index (Phi) is 5.30. The molecule has 0 aliphatic carbocycles. The summed E-state index contributed by atoms with van der Waals surface area (Å²) in [7, 11) is 0. The summed E-state index contributed by atoms with van der Waals surface area (Å²) < 4.78 is 2.04. The summed E-state index contributed by atoms with van der Waals surface area (Å²) in [5.41, 5.74) is 3.59. The van der Waals surface area contributed by atoms with Crippen LogP contribution in [0.15, 0.2) is 73.3 Å². The number of nitrogens with zero attached hydrogens (tertiary/aromatic N) is 3. The highest BCUT2D eigenvalue weighted by Crippen LogP contribution is 2.20. The smallest absolute Gasteiger partial charge is 0.237 e. The number of aromatic nitrogens is 2. The van der Waals surface area contributed by atoms with Gasteiger partial charge in [-0.3, -0.25) is 9.69 Å². The van der Waals surface area contributed by atoms with Crippen molar-refractivity contribution in [1.82, 2.24) is 19.8 Å². The number of nitrogens with one attached hydrogen (secondary N) is 1. The van der Waals surface area contributed by atoms with E-state index in [-0.39, 0.29) is 11.9 Å². The number of rotatable bonds is 7. The van der Waals surface area contributed by atoms with Crippen LogP contribution in [0.25, 0.3) is 0 Å². The van der Waals surface area contributed by atoms with Crippen molar-refractivity contribution in [1.29, 1.82) is 0 Å². The lowest BCUT2D eigenvalue weighted by atomic mass is 10.0. The molecular formula is C22H24N4O. The Morgan fingerprint density at radius 3 is 2.41 bits per heavy atom. The predicted molar refractivity (Wildman–Crippen MR) is 105 cm³/mol. The van der Waals surface area contributed by atoms with Crippen LogP contribution in [0.2, 0.25) is 0 Å². The van der Waals surface area contributed by atoms with Gasteiger partial charge < -0.3 is 9.88 Å². The van der Waals surface area contributed by atoms with Crippen molar-refractivity contribution in [2.45, 2.75) is 32.1 Å². The van der Waals surface area contributed by atoms with Gasteiger partial charge >= 0.3 is 0 Å². The van der Waals surface area contributed by atoms with Gasteiger partial charge in [-0.1, -0.05) is 54.6 Å². The van der Waals surface area contributed by atoms with E-state index in [0.29, 0.717) is 6.54 Å². The molecule has 1 aliphatic rings. The summed E-state index contributed by atoms with van der Waals surface area (Å²) in [5.74, 6) is 0.125. The van der Waals surface area contributed by atoms with Gasteiger partial charge in [0, 0.05) is 38.6 Å². The third-order valence-electron chi connectivity index (χ3n) is 5.08. The van der Waals surface area contributed by atoms with Crippen LogP contribution in [0.1, 0.15) is 23.1 Å². The van der Waals surface area contributed by atoms with Crippen LogP contribution in [0.3, 0.4) is 0 Å². The minimum atomic E-state index is -0.00859. The van der Waals surface area contributed by atoms with Crippen LogP contribution in [-0.2, 0) is 24.4 Å². The molecule has 1 unspecified atom stereocenters. The van der Waals surface area contributed by atoms with Crippen LogP contribution in [0.4, 0.5) is 0 Å². The van der Waals surface area contributed by atoms with Gasteiger partial charge in [-0.05, 0) is 23.1 Å². The molecule has 0 saturated carbocycles. The number of imidazole rings is 1. The van der Waals surface area contributed by atoms with E-state index >= 15 is 0 Å². The van der Waals surface area contributed by atoms with Crippen molar-refractivity contribution in [3.8, 4) is 0 Å². The Morgan fingerprint density at radius 1 is 1.00 bits per heavy atom. The summed E-state index contributed by atoms with van der Waals surface area (Å²) in [6.45, 7) is 3.20. The molecule has 0 radical (unpaired) electrons. The molecule has 4 rings (SSSR count). The molecule has 27 heavy (non-hydrogen) atoms. The highest BCUT2D eigenvalue weighted by Gasteiger charge is 2.33. The fraction of sp³-hybridized carbons (Fsp3) is 0.273. The lowest BCUT2D eigenvalue weighted by Crippen LogP contribution is -2.55. The number of benzene rings is 2. The first kappa shape index (κ1) is 17.5. The lowest BCUT2D eigenvalue weighted by Gasteiger charge is -2.39. The number of hydrogen-bond acceptors (Lipinski definition) is 3. The number of carbonyl (C=O) groups excluding carboxylic acids is 1. The largest absolute Gasteiger partial charge is 0.351 e. The van der Waals surface area contributed by atoms with E-state index in [2.05, 4.69) is 51.6 Å². The average Bonchev–Trinajstić information content (AvgIpc) is 3.19. The van der Waals surface area contributed by atoms with Gasteiger partial charge in [0.2, 0.25) is 5.91 Å². The second-order valence-electron chi connectivity index (χ2n) is 7.03. The molecule has 1 aromatic heterocycles. The quantitative estimate of drug-likeness (QED) is 0.705. The Morgan fingerprint density at radius 2 is 1.74 bits per heavy atom. The zero-order valence-corrected chi connectivity index (χ0v) is 15.3. The second kappa shape index (κ2) is 8.18. The molecule has 138 valence electrons. The fourth-order valence-electron chi connectivity index (χ4n) is 3.41. The maximum absolute atomic E-state index is 12.5. The fourth-order valence-corrected chi connectivity index (χ4v) is 3.41. The van der Waals surface area contributed by atoms with Crippen LogP contribution in [0, 0.1) is 0 Å². The third kappa shape index (κ3) is 4.44. The molecule has 5 nitrogen and oxygen atoms in total. The average molecular weight is 360 g/mol. The number of likely N-dealkylation sites (tertiary alicyclic amines) is 1. The van der Waals surface area contributed by atoms with Crippen molar-refractivity contribution in [3.05, 3.63) is 90.0 Å². The molecule has 2 aromatic carbocycles. The number of carbonyl (C=O) groups is 1. The zero-order valence-electron chi connectivity index (χ0n) is 15.3. The van der Waals surface area contributed by atoms with E-state index in [0.717, 1.165) is 31.6 Å². The normalized spacial score (nSPS) is 16.7. The predicted octanol–water partition coefficient (Wildman–Crippen LogP) is 2.82. The lowest BCUT2D eigenvalue weighted by molar-refractivity contribution is -0.131. The van der Waals surface area contributed by atoms with Crippen molar-refractivity contribution in [3.63, 3.8) is 0 Å². The Hall–Kier alpha value is -2.92. The molecule has 1 N–H and O–H groups in total. The Labute approximate surface area is 159 Å². The summed E-state index contributed by atoms with van der Waals surface area (Å²) in [6.07, 6.45) is 6.48. The standard InChI is InChI=1S/C22H24N4O/c27-22(21-10-12-26(21)16-19-4-2-1-3-5-19)24-14-18-6-8-20(9-7-18)15-25-13-11-23-17-25/h1-9,11,13,17,21H,10,12,14-16H2,(H,24,27). The molecule has 1 fully saturated rings. The summed E-state index contributed by atoms with van der Waals surface area (Å²) in [4.78, 5) is 18.8. The van der Waals surface area contributed by atoms with Gasteiger partial charge in [0.15, 0.2) is 0 Å². The van der Waals surface area contributed by atoms with E-state index < -0.39 is 0 Å². The molecule has 2 heterocycles. The molecule has 1 aliphatic heterocycles. The highest BCUT2D eigenvalue weighted by atomic mass is 16.2. The zero-order chi connectivity index (χ0) is 18.5. The van der Waals surface area contributed by atoms with E-state index in [1.54, 1.807) is 6.20 Å². The maximum atomic E-state index is 12.5. The number of amides is 1. The van der Waals surface area contributed by atoms with Crippen molar-refractivity contribution >= 4 is 5.91 Å². The van der Waals surface area contributed by atoms with Gasteiger partial charge in [0.05, 0.1) is 12.4 Å². The first-order valence-corrected chi connectivity index (χ1v) is 9.37. The molecule has 0 bridgehead atoms. The first-order valence-electron chi connectivity index (χ1n) is 9.37. The Balaban J connectivity index is 1.26. The molecule has 1 amide bonds. The van der Waals surface area contributed by atoms with Gasteiger partial charge in [-0.2, -0.15) is 0 Å². The molecule has 0 spiro atoms. The van der Waals surface area contributed by atoms with Crippen LogP contribution in [0.5, 0.6) is 0 Å². The molecular weight excluding hydrogens is 336 g/mol. The van der Waals surface area contributed by atoms with Crippen LogP contribution >= 0.6 is 0 Å². The molecule has 3 aromatic rings. The minimum absolute atomic E-state index is 0.00859. The van der Waals surface area contributed by atoms with E-state index in [4.69, 9.17) is 0 Å². The van der Waals surface area contributed by atoms with Crippen molar-refractivity contribution < 1.29 is 4.79 Å². The van der Waals surface area contributed by atoms with Crippen molar-refractivity contribution in [2.24, 2.45) is 0 Å². The highest BCUT2D eigenvalue weighted by molar-refractivity contribution is 5.82. The van der Waals surface area contributed by atoms with Gasteiger partial charge in [-0.15, -0.1) is 0 Å². The SMILES string of the molecule is O=C(NCc1ccc(Cn2ccnc2)cc1)C1CCN1Cc1ccccc1. The van der Waals surface area contributed by atoms with E-state index in [9.17, 15) is 4.79 Å². The van der Waals surface area contributed by atoms with Gasteiger partial charge in [0.1, 0.15) is 0 Å². The van der Waals surface area contributed by atoms with Crippen LogP contribution in [-0.4, -0.2) is 32.9 Å². The van der Waals surface area contributed by atoms with Crippen molar-refractivity contribution in [2.75, 3.05) is 6.54 Å². The maximum Gasteiger partial charge on any atom is 0.237 e. The van der Waals surface area contributed by atoms with Gasteiger partial charge in [-0.25, -0.2) is 4.98 Å². The summed E-state index contributed by atoms with van der Waals surface area (Å²) in [5, 5.41) is 3.09. The number of hydrogen-bond donors (Lipinski definition) is 1.